The van der Waals surface area contributed by atoms with Crippen LogP contribution in [0.3, 0.4) is 0 Å². The number of hydrogen-bond acceptors (Lipinski definition) is 4. The smallest absolute Gasteiger partial charge is 0.304 e. The Balaban J connectivity index is 2.10. The Labute approximate surface area is 250 Å². The number of rotatable bonds is 13. The Hall–Kier alpha value is -3.28. The number of anilines is 1. The predicted octanol–water partition coefficient (Wildman–Crippen LogP) is 4.76. The Morgan fingerprint density at radius 2 is 1.54 bits per heavy atom. The number of hydrogen-bond donors (Lipinski definition) is 1. The molecule has 3 aromatic rings. The average Bonchev–Trinajstić information content (AvgIpc) is 2.95. The van der Waals surface area contributed by atoms with Gasteiger partial charge in [0, 0.05) is 37.6 Å². The number of carbonyl (C=O) groups is 2. The largest absolute Gasteiger partial charge is 0.352 e. The minimum Gasteiger partial charge on any atom is -0.352 e. The maximum atomic E-state index is 14.9. The molecule has 3 aromatic carbocycles. The summed E-state index contributed by atoms with van der Waals surface area (Å²) < 4.78 is 44.1. The molecule has 1 N–H and O–H groups in total. The van der Waals surface area contributed by atoms with Crippen LogP contribution in [-0.2, 0) is 32.8 Å². The SMILES string of the molecule is CCC(C)NC(=O)C(Cc1ccccc1)N(Cc1ccc(Br)cc1)C(=O)CN(c1ccccc1F)S(=O)(=O)N(C)C. The maximum Gasteiger partial charge on any atom is 0.304 e. The molecule has 0 aliphatic carbocycles. The average molecular weight is 648 g/mol. The first kappa shape index (κ1) is 32.2. The Bertz CT molecular complexity index is 1420. The van der Waals surface area contributed by atoms with E-state index < -0.39 is 34.5 Å². The van der Waals surface area contributed by atoms with Crippen molar-refractivity contribution in [2.75, 3.05) is 24.9 Å². The minimum absolute atomic E-state index is 0.0324. The van der Waals surface area contributed by atoms with Crippen LogP contribution in [-0.4, -0.2) is 62.2 Å². The van der Waals surface area contributed by atoms with Crippen LogP contribution >= 0.6 is 15.9 Å². The van der Waals surface area contributed by atoms with E-state index in [4.69, 9.17) is 0 Å². The lowest BCUT2D eigenvalue weighted by Crippen LogP contribution is -2.55. The number of benzene rings is 3. The topological polar surface area (TPSA) is 90.0 Å². The second kappa shape index (κ2) is 14.6. The van der Waals surface area contributed by atoms with Gasteiger partial charge in [-0.05, 0) is 48.7 Å². The molecule has 0 saturated heterocycles. The molecule has 2 atom stereocenters. The van der Waals surface area contributed by atoms with Crippen LogP contribution in [0.2, 0.25) is 0 Å². The van der Waals surface area contributed by atoms with Crippen molar-refractivity contribution in [2.45, 2.75) is 45.3 Å². The van der Waals surface area contributed by atoms with Gasteiger partial charge in [-0.1, -0.05) is 77.5 Å². The van der Waals surface area contributed by atoms with Gasteiger partial charge in [-0.2, -0.15) is 12.7 Å². The number of para-hydroxylation sites is 1. The fourth-order valence-corrected chi connectivity index (χ4v) is 5.47. The third-order valence-electron chi connectivity index (χ3n) is 6.68. The fourth-order valence-electron chi connectivity index (χ4n) is 4.14. The van der Waals surface area contributed by atoms with Crippen molar-refractivity contribution in [1.82, 2.24) is 14.5 Å². The molecule has 0 bridgehead atoms. The van der Waals surface area contributed by atoms with Gasteiger partial charge >= 0.3 is 10.2 Å². The molecule has 0 heterocycles. The third kappa shape index (κ3) is 8.61. The van der Waals surface area contributed by atoms with Crippen LogP contribution in [0.15, 0.2) is 83.3 Å². The summed E-state index contributed by atoms with van der Waals surface area (Å²) in [6, 6.07) is 20.9. The second-order valence-electron chi connectivity index (χ2n) is 9.92. The zero-order chi connectivity index (χ0) is 30.2. The highest BCUT2D eigenvalue weighted by molar-refractivity contribution is 9.10. The van der Waals surface area contributed by atoms with Gasteiger partial charge in [0.15, 0.2) is 0 Å². The summed E-state index contributed by atoms with van der Waals surface area (Å²) in [5.41, 5.74) is 1.31. The number of carbonyl (C=O) groups excluding carboxylic acids is 2. The number of amides is 2. The summed E-state index contributed by atoms with van der Waals surface area (Å²) in [5.74, 6) is -1.80. The molecule has 2 unspecified atom stereocenters. The highest BCUT2D eigenvalue weighted by atomic mass is 79.9. The molecule has 0 aromatic heterocycles. The van der Waals surface area contributed by atoms with Crippen LogP contribution in [0.5, 0.6) is 0 Å². The highest BCUT2D eigenvalue weighted by Crippen LogP contribution is 2.24. The van der Waals surface area contributed by atoms with Gasteiger partial charge in [0.1, 0.15) is 18.4 Å². The van der Waals surface area contributed by atoms with E-state index in [0.717, 1.165) is 30.3 Å². The minimum atomic E-state index is -4.28. The van der Waals surface area contributed by atoms with Gasteiger partial charge in [0.25, 0.3) is 0 Å². The lowest BCUT2D eigenvalue weighted by atomic mass is 10.0. The van der Waals surface area contributed by atoms with E-state index in [1.54, 1.807) is 0 Å². The van der Waals surface area contributed by atoms with E-state index in [9.17, 15) is 22.4 Å². The van der Waals surface area contributed by atoms with Gasteiger partial charge in [-0.3, -0.25) is 9.59 Å². The molecular formula is C30H36BrFN4O4S. The van der Waals surface area contributed by atoms with Crippen molar-refractivity contribution in [3.05, 3.63) is 100 Å². The lowest BCUT2D eigenvalue weighted by molar-refractivity contribution is -0.140. The monoisotopic (exact) mass is 646 g/mol. The Morgan fingerprint density at radius 1 is 0.927 bits per heavy atom. The summed E-state index contributed by atoms with van der Waals surface area (Å²) in [5, 5.41) is 2.98. The molecule has 41 heavy (non-hydrogen) atoms. The first-order valence-electron chi connectivity index (χ1n) is 13.3. The van der Waals surface area contributed by atoms with Crippen molar-refractivity contribution in [3.8, 4) is 0 Å². The Kier molecular flexibility index (Phi) is 11.5. The molecule has 2 amide bonds. The van der Waals surface area contributed by atoms with E-state index in [-0.39, 0.29) is 30.6 Å². The maximum absolute atomic E-state index is 14.9. The van der Waals surface area contributed by atoms with Crippen LogP contribution in [0.1, 0.15) is 31.4 Å². The van der Waals surface area contributed by atoms with Crippen LogP contribution in [0.4, 0.5) is 10.1 Å². The van der Waals surface area contributed by atoms with Crippen molar-refractivity contribution in [2.24, 2.45) is 0 Å². The molecule has 0 spiro atoms. The predicted molar refractivity (Wildman–Crippen MR) is 163 cm³/mol. The van der Waals surface area contributed by atoms with E-state index in [2.05, 4.69) is 21.2 Å². The van der Waals surface area contributed by atoms with Gasteiger partial charge < -0.3 is 10.2 Å². The molecule has 8 nitrogen and oxygen atoms in total. The van der Waals surface area contributed by atoms with E-state index in [1.165, 1.54) is 37.2 Å². The van der Waals surface area contributed by atoms with Gasteiger partial charge in [-0.25, -0.2) is 8.70 Å². The molecule has 0 saturated carbocycles. The van der Waals surface area contributed by atoms with E-state index in [0.29, 0.717) is 6.42 Å². The molecular weight excluding hydrogens is 611 g/mol. The summed E-state index contributed by atoms with van der Waals surface area (Å²) in [4.78, 5) is 29.3. The van der Waals surface area contributed by atoms with Gasteiger partial charge in [-0.15, -0.1) is 0 Å². The van der Waals surface area contributed by atoms with E-state index >= 15 is 0 Å². The molecule has 11 heteroatoms. The molecule has 0 radical (unpaired) electrons. The molecule has 0 aliphatic rings. The van der Waals surface area contributed by atoms with Crippen molar-refractivity contribution >= 4 is 43.6 Å². The second-order valence-corrected chi connectivity index (χ2v) is 12.9. The first-order valence-corrected chi connectivity index (χ1v) is 15.5. The zero-order valence-corrected chi connectivity index (χ0v) is 26.0. The lowest BCUT2D eigenvalue weighted by Gasteiger charge is -2.35. The van der Waals surface area contributed by atoms with Crippen LogP contribution < -0.4 is 9.62 Å². The molecule has 3 rings (SSSR count). The standard InChI is InChI=1S/C30H36BrFN4O4S/c1-5-22(2)33-30(38)28(19-23-11-7-6-8-12-23)35(20-24-15-17-25(31)18-16-24)29(37)21-36(41(39,40)34(3)4)27-14-10-9-13-26(27)32/h6-18,22,28H,5,19-21H2,1-4H3,(H,33,38). The zero-order valence-electron chi connectivity index (χ0n) is 23.6. The third-order valence-corrected chi connectivity index (χ3v) is 9.01. The van der Waals surface area contributed by atoms with Crippen LogP contribution in [0.25, 0.3) is 0 Å². The van der Waals surface area contributed by atoms with Crippen molar-refractivity contribution in [3.63, 3.8) is 0 Å². The number of nitrogens with one attached hydrogen (secondary N) is 1. The normalized spacial score (nSPS) is 13.0. The molecule has 220 valence electrons. The highest BCUT2D eigenvalue weighted by Gasteiger charge is 2.35. The summed E-state index contributed by atoms with van der Waals surface area (Å²) in [6.07, 6.45) is 0.887. The van der Waals surface area contributed by atoms with E-state index in [1.807, 2.05) is 68.4 Å². The van der Waals surface area contributed by atoms with Gasteiger partial charge in [0.2, 0.25) is 11.8 Å². The first-order chi connectivity index (χ1) is 19.4. The fraction of sp³-hybridized carbons (Fsp3) is 0.333. The number of halogens is 2. The summed E-state index contributed by atoms with van der Waals surface area (Å²) in [7, 11) is -1.66. The Morgan fingerprint density at radius 3 is 2.12 bits per heavy atom. The summed E-state index contributed by atoms with van der Waals surface area (Å²) >= 11 is 3.41. The summed E-state index contributed by atoms with van der Waals surface area (Å²) in [6.45, 7) is 3.15. The molecule has 0 fully saturated rings. The van der Waals surface area contributed by atoms with Crippen LogP contribution in [0, 0.1) is 5.82 Å². The number of nitrogens with zero attached hydrogens (tertiary/aromatic N) is 3. The van der Waals surface area contributed by atoms with Gasteiger partial charge in [0.05, 0.1) is 5.69 Å². The van der Waals surface area contributed by atoms with Crippen molar-refractivity contribution in [1.29, 1.82) is 0 Å². The molecule has 0 aliphatic heterocycles. The quantitative estimate of drug-likeness (QED) is 0.290. The van der Waals surface area contributed by atoms with Crippen molar-refractivity contribution < 1.29 is 22.4 Å².